The second-order valence-corrected chi connectivity index (χ2v) is 4.45. The maximum atomic E-state index is 9.86. The fourth-order valence-corrected chi connectivity index (χ4v) is 1.24. The first-order valence-corrected chi connectivity index (χ1v) is 7.41. The van der Waals surface area contributed by atoms with Crippen molar-refractivity contribution >= 4 is 5.97 Å². The Hall–Kier alpha value is -2.63. The standard InChI is InChI=1S/C12H10O.C5H8O2.C2H6O2/c1-3-7-11(8-4-1)13-12-9-5-2-6-10-12;1-3-4(2)5(6)7;3-1-2-4/h1-10H;3H,1-2H3,(H,6,7);3-4H,1-2H2. The van der Waals surface area contributed by atoms with Crippen LogP contribution in [0.4, 0.5) is 0 Å². The van der Waals surface area contributed by atoms with E-state index in [2.05, 4.69) is 0 Å². The minimum absolute atomic E-state index is 0.125. The molecule has 0 fully saturated rings. The fraction of sp³-hybridized carbons (Fsp3) is 0.211. The predicted molar refractivity (Wildman–Crippen MR) is 94.2 cm³/mol. The molecule has 0 atom stereocenters. The molecule has 5 nitrogen and oxygen atoms in total. The van der Waals surface area contributed by atoms with Crippen LogP contribution in [0.5, 0.6) is 11.5 Å². The van der Waals surface area contributed by atoms with Gasteiger partial charge >= 0.3 is 5.97 Å². The van der Waals surface area contributed by atoms with Gasteiger partial charge in [0.1, 0.15) is 11.5 Å². The average molecular weight is 332 g/mol. The Morgan fingerprint density at radius 2 is 1.29 bits per heavy atom. The van der Waals surface area contributed by atoms with Gasteiger partial charge in [0, 0.05) is 5.57 Å². The van der Waals surface area contributed by atoms with E-state index in [-0.39, 0.29) is 13.2 Å². The molecule has 130 valence electrons. The first-order chi connectivity index (χ1) is 11.5. The van der Waals surface area contributed by atoms with Gasteiger partial charge in [-0.15, -0.1) is 0 Å². The Morgan fingerprint density at radius 1 is 0.917 bits per heavy atom. The molecule has 3 N–H and O–H groups in total. The molecular formula is C19H24O5. The van der Waals surface area contributed by atoms with E-state index in [0.29, 0.717) is 5.57 Å². The molecule has 2 aromatic rings. The molecule has 2 aromatic carbocycles. The van der Waals surface area contributed by atoms with Crippen molar-refractivity contribution in [1.82, 2.24) is 0 Å². The van der Waals surface area contributed by atoms with E-state index in [1.165, 1.54) is 0 Å². The summed E-state index contributed by atoms with van der Waals surface area (Å²) >= 11 is 0. The third-order valence-electron chi connectivity index (χ3n) is 2.59. The van der Waals surface area contributed by atoms with Crippen molar-refractivity contribution in [3.63, 3.8) is 0 Å². The molecule has 0 saturated carbocycles. The summed E-state index contributed by atoms with van der Waals surface area (Å²) in [6, 6.07) is 19.5. The van der Waals surface area contributed by atoms with Crippen LogP contribution in [0.3, 0.4) is 0 Å². The zero-order valence-electron chi connectivity index (χ0n) is 13.9. The minimum atomic E-state index is -0.845. The minimum Gasteiger partial charge on any atom is -0.478 e. The summed E-state index contributed by atoms with van der Waals surface area (Å²) in [6.45, 7) is 3.01. The van der Waals surface area contributed by atoms with Gasteiger partial charge in [0.25, 0.3) is 0 Å². The highest BCUT2D eigenvalue weighted by atomic mass is 16.5. The zero-order valence-corrected chi connectivity index (χ0v) is 13.9. The number of carboxylic acids is 1. The number of hydrogen-bond donors (Lipinski definition) is 3. The number of ether oxygens (including phenoxy) is 1. The van der Waals surface area contributed by atoms with E-state index in [0.717, 1.165) is 11.5 Å². The van der Waals surface area contributed by atoms with Gasteiger partial charge in [0.2, 0.25) is 0 Å². The topological polar surface area (TPSA) is 87.0 Å². The lowest BCUT2D eigenvalue weighted by molar-refractivity contribution is -0.132. The number of carbonyl (C=O) groups is 1. The first-order valence-electron chi connectivity index (χ1n) is 7.41. The van der Waals surface area contributed by atoms with Gasteiger partial charge in [-0.3, -0.25) is 0 Å². The Bertz CT molecular complexity index is 540. The molecule has 5 heteroatoms. The third-order valence-corrected chi connectivity index (χ3v) is 2.59. The number of hydrogen-bond acceptors (Lipinski definition) is 4. The first kappa shape index (κ1) is 21.4. The van der Waals surface area contributed by atoms with Crippen LogP contribution in [0.25, 0.3) is 0 Å². The van der Waals surface area contributed by atoms with Crippen molar-refractivity contribution in [3.05, 3.63) is 72.3 Å². The smallest absolute Gasteiger partial charge is 0.330 e. The van der Waals surface area contributed by atoms with Gasteiger partial charge in [0.15, 0.2) is 0 Å². The van der Waals surface area contributed by atoms with Crippen molar-refractivity contribution in [3.8, 4) is 11.5 Å². The van der Waals surface area contributed by atoms with Gasteiger partial charge in [0.05, 0.1) is 13.2 Å². The number of aliphatic carboxylic acids is 1. The number of benzene rings is 2. The molecule has 0 heterocycles. The van der Waals surface area contributed by atoms with Gasteiger partial charge in [-0.2, -0.15) is 0 Å². The summed E-state index contributed by atoms with van der Waals surface area (Å²) in [4.78, 5) is 9.86. The van der Waals surface area contributed by atoms with Gasteiger partial charge in [-0.25, -0.2) is 4.79 Å². The van der Waals surface area contributed by atoms with Gasteiger partial charge in [-0.05, 0) is 38.1 Å². The maximum absolute atomic E-state index is 9.86. The van der Waals surface area contributed by atoms with Crippen LogP contribution in [0, 0.1) is 0 Å². The van der Waals surface area contributed by atoms with Crippen molar-refractivity contribution < 1.29 is 24.9 Å². The van der Waals surface area contributed by atoms with Crippen molar-refractivity contribution in [2.45, 2.75) is 13.8 Å². The predicted octanol–water partition coefficient (Wildman–Crippen LogP) is 3.49. The number of aliphatic hydroxyl groups excluding tert-OH is 2. The molecule has 0 spiro atoms. The van der Waals surface area contributed by atoms with E-state index in [9.17, 15) is 4.79 Å². The monoisotopic (exact) mass is 332 g/mol. The third kappa shape index (κ3) is 11.0. The molecule has 0 saturated heterocycles. The molecular weight excluding hydrogens is 308 g/mol. The lowest BCUT2D eigenvalue weighted by atomic mass is 10.3. The largest absolute Gasteiger partial charge is 0.478 e. The molecule has 0 aliphatic carbocycles. The number of para-hydroxylation sites is 2. The summed E-state index contributed by atoms with van der Waals surface area (Å²) < 4.78 is 5.58. The molecule has 0 amide bonds. The summed E-state index contributed by atoms with van der Waals surface area (Å²) in [5.41, 5.74) is 0.389. The van der Waals surface area contributed by atoms with Crippen molar-refractivity contribution in [1.29, 1.82) is 0 Å². The molecule has 0 radical (unpaired) electrons. The van der Waals surface area contributed by atoms with Crippen LogP contribution in [-0.2, 0) is 4.79 Å². The summed E-state index contributed by atoms with van der Waals surface area (Å²) in [6.07, 6.45) is 1.56. The average Bonchev–Trinajstić information content (AvgIpc) is 2.63. The Labute approximate surface area is 142 Å². The number of aliphatic hydroxyl groups is 2. The van der Waals surface area contributed by atoms with Crippen molar-refractivity contribution in [2.75, 3.05) is 13.2 Å². The highest BCUT2D eigenvalue weighted by Crippen LogP contribution is 2.19. The Kier molecular flexibility index (Phi) is 12.5. The van der Waals surface area contributed by atoms with Crippen LogP contribution >= 0.6 is 0 Å². The van der Waals surface area contributed by atoms with Crippen LogP contribution in [0.2, 0.25) is 0 Å². The molecule has 24 heavy (non-hydrogen) atoms. The summed E-state index contributed by atoms with van der Waals surface area (Å²) in [5, 5.41) is 23.4. The lowest BCUT2D eigenvalue weighted by Gasteiger charge is -2.03. The highest BCUT2D eigenvalue weighted by molar-refractivity contribution is 5.85. The second kappa shape index (κ2) is 14.0. The van der Waals surface area contributed by atoms with Gasteiger partial charge < -0.3 is 20.1 Å². The molecule has 2 rings (SSSR count). The molecule has 0 bridgehead atoms. The molecule has 0 aromatic heterocycles. The lowest BCUT2D eigenvalue weighted by Crippen LogP contribution is -1.93. The van der Waals surface area contributed by atoms with E-state index < -0.39 is 5.97 Å². The summed E-state index contributed by atoms with van der Waals surface area (Å²) in [5.74, 6) is 0.893. The second-order valence-electron chi connectivity index (χ2n) is 4.45. The Morgan fingerprint density at radius 3 is 1.50 bits per heavy atom. The zero-order chi connectivity index (χ0) is 18.2. The van der Waals surface area contributed by atoms with Crippen LogP contribution < -0.4 is 4.74 Å². The fourth-order valence-electron chi connectivity index (χ4n) is 1.24. The van der Waals surface area contributed by atoms with Crippen LogP contribution in [0.15, 0.2) is 72.3 Å². The number of rotatable bonds is 4. The maximum Gasteiger partial charge on any atom is 0.330 e. The van der Waals surface area contributed by atoms with E-state index in [1.54, 1.807) is 19.9 Å². The SMILES string of the molecule is CC=C(C)C(=O)O.OCCO.c1ccc(Oc2ccccc2)cc1. The van der Waals surface area contributed by atoms with Gasteiger partial charge in [-0.1, -0.05) is 42.5 Å². The molecule has 0 aliphatic heterocycles. The van der Waals surface area contributed by atoms with E-state index in [1.807, 2.05) is 60.7 Å². The van der Waals surface area contributed by atoms with Crippen LogP contribution in [0.1, 0.15) is 13.8 Å². The normalized spacial score (nSPS) is 9.75. The van der Waals surface area contributed by atoms with Crippen molar-refractivity contribution in [2.24, 2.45) is 0 Å². The van der Waals surface area contributed by atoms with Crippen LogP contribution in [-0.4, -0.2) is 34.5 Å². The Balaban J connectivity index is 0.000000408. The molecule has 0 aliphatic rings. The number of allylic oxidation sites excluding steroid dienone is 1. The van der Waals surface area contributed by atoms with E-state index in [4.69, 9.17) is 20.1 Å². The quantitative estimate of drug-likeness (QED) is 0.746. The molecule has 0 unspecified atom stereocenters. The highest BCUT2D eigenvalue weighted by Gasteiger charge is 1.93. The van der Waals surface area contributed by atoms with E-state index >= 15 is 0 Å². The summed E-state index contributed by atoms with van der Waals surface area (Å²) in [7, 11) is 0. The number of carboxylic acid groups (broad SMARTS) is 1.